The van der Waals surface area contributed by atoms with E-state index in [0.717, 1.165) is 5.56 Å². The Labute approximate surface area is 153 Å². The first-order valence-corrected chi connectivity index (χ1v) is 9.43. The molecule has 1 unspecified atom stereocenters. The highest BCUT2D eigenvalue weighted by Gasteiger charge is 2.43. The molecule has 6 heteroatoms. The molecule has 2 heterocycles. The van der Waals surface area contributed by atoms with Gasteiger partial charge in [0.1, 0.15) is 0 Å². The predicted octanol–water partition coefficient (Wildman–Crippen LogP) is 0.912. The lowest BCUT2D eigenvalue weighted by atomic mass is 10.0. The summed E-state index contributed by atoms with van der Waals surface area (Å²) in [5, 5.41) is 2.61. The summed E-state index contributed by atoms with van der Waals surface area (Å²) in [6.07, 6.45) is 3.21. The number of amides is 3. The van der Waals surface area contributed by atoms with Gasteiger partial charge in [0.05, 0.1) is 18.4 Å². The summed E-state index contributed by atoms with van der Waals surface area (Å²) in [5.41, 5.74) is 2.42. The highest BCUT2D eigenvalue weighted by Crippen LogP contribution is 2.40. The second kappa shape index (κ2) is 6.74. The van der Waals surface area contributed by atoms with Crippen molar-refractivity contribution >= 4 is 17.7 Å². The van der Waals surface area contributed by atoms with Crippen LogP contribution in [0.2, 0.25) is 0 Å². The number of likely N-dealkylation sites (tertiary alicyclic amines) is 2. The van der Waals surface area contributed by atoms with Crippen LogP contribution >= 0.6 is 0 Å². The summed E-state index contributed by atoms with van der Waals surface area (Å²) in [6, 6.07) is 8.41. The van der Waals surface area contributed by atoms with E-state index in [1.165, 1.54) is 18.4 Å². The number of benzene rings is 1. The average molecular weight is 355 g/mol. The summed E-state index contributed by atoms with van der Waals surface area (Å²) >= 11 is 0. The van der Waals surface area contributed by atoms with E-state index < -0.39 is 0 Å². The lowest BCUT2D eigenvalue weighted by Gasteiger charge is -2.44. The van der Waals surface area contributed by atoms with Crippen molar-refractivity contribution in [3.63, 3.8) is 0 Å². The fraction of sp³-hybridized carbons (Fsp3) is 0.550. The second-order valence-corrected chi connectivity index (χ2v) is 7.71. The van der Waals surface area contributed by atoms with Gasteiger partial charge in [0.2, 0.25) is 17.7 Å². The van der Waals surface area contributed by atoms with Gasteiger partial charge in [0.15, 0.2) is 0 Å². The molecular formula is C20H25N3O3. The molecular weight excluding hydrogens is 330 g/mol. The third kappa shape index (κ3) is 3.32. The molecule has 0 spiro atoms. The summed E-state index contributed by atoms with van der Waals surface area (Å²) in [6.45, 7) is 1.62. The molecule has 138 valence electrons. The predicted molar refractivity (Wildman–Crippen MR) is 96.4 cm³/mol. The minimum atomic E-state index is -0.262. The smallest absolute Gasteiger partial charge is 0.227 e. The van der Waals surface area contributed by atoms with Gasteiger partial charge in [-0.1, -0.05) is 24.3 Å². The Balaban J connectivity index is 1.29. The van der Waals surface area contributed by atoms with Gasteiger partial charge in [-0.2, -0.15) is 0 Å². The Morgan fingerprint density at radius 2 is 1.96 bits per heavy atom. The van der Waals surface area contributed by atoms with Crippen molar-refractivity contribution < 1.29 is 14.4 Å². The molecule has 2 saturated heterocycles. The minimum Gasteiger partial charge on any atom is -0.359 e. The van der Waals surface area contributed by atoms with Crippen molar-refractivity contribution in [1.29, 1.82) is 0 Å². The van der Waals surface area contributed by atoms with Crippen molar-refractivity contribution in [2.75, 3.05) is 26.7 Å². The van der Waals surface area contributed by atoms with E-state index in [2.05, 4.69) is 17.4 Å². The molecule has 2 aliphatic heterocycles. The Kier molecular flexibility index (Phi) is 4.42. The maximum atomic E-state index is 12.5. The third-order valence-corrected chi connectivity index (χ3v) is 5.79. The molecule has 26 heavy (non-hydrogen) atoms. The van der Waals surface area contributed by atoms with E-state index in [4.69, 9.17) is 0 Å². The molecule has 1 aromatic carbocycles. The van der Waals surface area contributed by atoms with Gasteiger partial charge < -0.3 is 15.1 Å². The molecule has 3 aliphatic rings. The van der Waals surface area contributed by atoms with Crippen molar-refractivity contribution in [3.05, 3.63) is 35.4 Å². The summed E-state index contributed by atoms with van der Waals surface area (Å²) < 4.78 is 0. The molecule has 1 aliphatic carbocycles. The largest absolute Gasteiger partial charge is 0.359 e. The van der Waals surface area contributed by atoms with Crippen molar-refractivity contribution in [1.82, 2.24) is 15.1 Å². The molecule has 1 N–H and O–H groups in total. The first-order valence-electron chi connectivity index (χ1n) is 9.43. The average Bonchev–Trinajstić information content (AvgIpc) is 3.37. The minimum absolute atomic E-state index is 0.0211. The fourth-order valence-electron chi connectivity index (χ4n) is 3.98. The highest BCUT2D eigenvalue weighted by atomic mass is 16.2. The third-order valence-electron chi connectivity index (χ3n) is 5.79. The first kappa shape index (κ1) is 17.1. The first-order chi connectivity index (χ1) is 12.5. The summed E-state index contributed by atoms with van der Waals surface area (Å²) in [5.74, 6) is 0.482. The van der Waals surface area contributed by atoms with Crippen LogP contribution in [0.25, 0.3) is 0 Å². The van der Waals surface area contributed by atoms with Crippen LogP contribution in [-0.4, -0.2) is 60.2 Å². The Morgan fingerprint density at radius 1 is 1.19 bits per heavy atom. The normalized spacial score (nSPS) is 23.1. The van der Waals surface area contributed by atoms with Gasteiger partial charge >= 0.3 is 0 Å². The van der Waals surface area contributed by atoms with Crippen LogP contribution in [0, 0.1) is 5.92 Å². The molecule has 3 fully saturated rings. The van der Waals surface area contributed by atoms with Crippen molar-refractivity contribution in [3.8, 4) is 0 Å². The Bertz CT molecular complexity index is 738. The van der Waals surface area contributed by atoms with Crippen LogP contribution < -0.4 is 5.32 Å². The van der Waals surface area contributed by atoms with Gasteiger partial charge in [-0.15, -0.1) is 0 Å². The van der Waals surface area contributed by atoms with E-state index in [9.17, 15) is 14.4 Å². The molecule has 1 saturated carbocycles. The zero-order valence-electron chi connectivity index (χ0n) is 15.1. The van der Waals surface area contributed by atoms with E-state index in [-0.39, 0.29) is 36.1 Å². The van der Waals surface area contributed by atoms with E-state index >= 15 is 0 Å². The molecule has 4 rings (SSSR count). The number of carbonyl (C=O) groups is 3. The van der Waals surface area contributed by atoms with Gasteiger partial charge in [0, 0.05) is 33.1 Å². The standard InChI is InChI=1S/C20H25N3O3/c1-21-20(26)16-9-19(25)23(10-16)17-11-22(12-17)18(24)8-13-3-2-4-15(7-13)14-5-6-14/h2-4,7,14,16-17H,5-6,8-12H2,1H3,(H,21,26). The monoisotopic (exact) mass is 355 g/mol. The van der Waals surface area contributed by atoms with Gasteiger partial charge in [-0.05, 0) is 29.9 Å². The van der Waals surface area contributed by atoms with Crippen molar-refractivity contribution in [2.45, 2.75) is 37.6 Å². The Morgan fingerprint density at radius 3 is 2.65 bits per heavy atom. The van der Waals surface area contributed by atoms with Crippen molar-refractivity contribution in [2.24, 2.45) is 5.92 Å². The molecule has 0 aromatic heterocycles. The molecule has 1 aromatic rings. The number of nitrogens with one attached hydrogen (secondary N) is 1. The highest BCUT2D eigenvalue weighted by molar-refractivity contribution is 5.89. The Hall–Kier alpha value is -2.37. The van der Waals surface area contributed by atoms with Gasteiger partial charge in [-0.3, -0.25) is 14.4 Å². The number of hydrogen-bond acceptors (Lipinski definition) is 3. The lowest BCUT2D eigenvalue weighted by Crippen LogP contribution is -2.61. The van der Waals surface area contributed by atoms with Crippen LogP contribution in [0.3, 0.4) is 0 Å². The zero-order valence-corrected chi connectivity index (χ0v) is 15.1. The number of hydrogen-bond donors (Lipinski definition) is 1. The van der Waals surface area contributed by atoms with E-state index in [1.807, 2.05) is 17.0 Å². The summed E-state index contributed by atoms with van der Waals surface area (Å²) in [7, 11) is 1.59. The topological polar surface area (TPSA) is 69.7 Å². The van der Waals surface area contributed by atoms with E-state index in [0.29, 0.717) is 32.0 Å². The lowest BCUT2D eigenvalue weighted by molar-refractivity contribution is -0.143. The SMILES string of the molecule is CNC(=O)C1CC(=O)N(C2CN(C(=O)Cc3cccc(C4CC4)c3)C2)C1. The fourth-order valence-corrected chi connectivity index (χ4v) is 3.98. The summed E-state index contributed by atoms with van der Waals surface area (Å²) in [4.78, 5) is 40.0. The molecule has 3 amide bonds. The van der Waals surface area contributed by atoms with Gasteiger partial charge in [0.25, 0.3) is 0 Å². The zero-order chi connectivity index (χ0) is 18.3. The van der Waals surface area contributed by atoms with Crippen LogP contribution in [0.4, 0.5) is 0 Å². The molecule has 1 atom stereocenters. The van der Waals surface area contributed by atoms with Crippen LogP contribution in [0.15, 0.2) is 24.3 Å². The van der Waals surface area contributed by atoms with Crippen LogP contribution in [-0.2, 0) is 20.8 Å². The maximum Gasteiger partial charge on any atom is 0.227 e. The van der Waals surface area contributed by atoms with Crippen LogP contribution in [0.1, 0.15) is 36.3 Å². The quantitative estimate of drug-likeness (QED) is 0.854. The van der Waals surface area contributed by atoms with Crippen LogP contribution in [0.5, 0.6) is 0 Å². The number of carbonyl (C=O) groups excluding carboxylic acids is 3. The molecule has 6 nitrogen and oxygen atoms in total. The molecule has 0 radical (unpaired) electrons. The number of nitrogens with zero attached hydrogens (tertiary/aromatic N) is 2. The molecule has 0 bridgehead atoms. The van der Waals surface area contributed by atoms with E-state index in [1.54, 1.807) is 11.9 Å². The second-order valence-electron chi connectivity index (χ2n) is 7.71. The van der Waals surface area contributed by atoms with Gasteiger partial charge in [-0.25, -0.2) is 0 Å². The maximum absolute atomic E-state index is 12.5. The number of rotatable bonds is 5.